The van der Waals surface area contributed by atoms with Crippen LogP contribution in [-0.4, -0.2) is 70.7 Å². The number of rotatable bonds is 18. The lowest BCUT2D eigenvalue weighted by Gasteiger charge is -2.43. The summed E-state index contributed by atoms with van der Waals surface area (Å²) in [5, 5.41) is 0. The largest absolute Gasteiger partial charge is 0.350 e. The Kier molecular flexibility index (Phi) is 14.7. The average molecular weight is 571 g/mol. The summed E-state index contributed by atoms with van der Waals surface area (Å²) >= 11 is 0. The monoisotopic (exact) mass is 570 g/mol. The first-order valence-corrected chi connectivity index (χ1v) is 16.9. The van der Waals surface area contributed by atoms with E-state index in [2.05, 4.69) is 23.7 Å². The standard InChI is InChI=1S/C29H55N4O5P/c1-8-11-13-14-16-18-25(17-15-12-9-2)32-20-26(22-37-39(36,31(6)7)24(5)10-3)38-27(21-32)33-19-23(4)28(34)30-29(33)35/h19,24-27H,8-18,20-22H2,1-7H3,(H,30,34,35)/t24?,25?,26-,27+,39?/m0/s1. The number of hydrogen-bond donors (Lipinski definition) is 1. The Morgan fingerprint density at radius 2 is 1.67 bits per heavy atom. The lowest BCUT2D eigenvalue weighted by Crippen LogP contribution is -2.53. The van der Waals surface area contributed by atoms with Gasteiger partial charge in [0.1, 0.15) is 0 Å². The number of hydrogen-bond acceptors (Lipinski definition) is 6. The molecule has 2 heterocycles. The Morgan fingerprint density at radius 3 is 2.28 bits per heavy atom. The zero-order valence-corrected chi connectivity index (χ0v) is 26.5. The van der Waals surface area contributed by atoms with Crippen molar-refractivity contribution in [2.75, 3.05) is 33.8 Å². The molecule has 0 spiro atoms. The fourth-order valence-corrected chi connectivity index (χ4v) is 7.48. The summed E-state index contributed by atoms with van der Waals surface area (Å²) in [6.45, 7) is 11.5. The van der Waals surface area contributed by atoms with E-state index in [0.717, 1.165) is 19.3 Å². The van der Waals surface area contributed by atoms with E-state index in [4.69, 9.17) is 9.26 Å². The van der Waals surface area contributed by atoms with Crippen LogP contribution >= 0.6 is 7.52 Å². The average Bonchev–Trinajstić information content (AvgIpc) is 2.91. The molecule has 0 aliphatic carbocycles. The highest BCUT2D eigenvalue weighted by Gasteiger charge is 2.37. The Labute approximate surface area is 236 Å². The van der Waals surface area contributed by atoms with E-state index in [1.165, 1.54) is 55.9 Å². The van der Waals surface area contributed by atoms with Crippen molar-refractivity contribution in [3.8, 4) is 0 Å². The van der Waals surface area contributed by atoms with Gasteiger partial charge in [0.15, 0.2) is 6.23 Å². The SMILES string of the molecule is CCCCCCCC(CCCCC)N1C[C@@H](COP(=O)(C(C)CC)N(C)C)O[C@@H](n2cc(C)c(=O)[nH]c2=O)C1. The zero-order valence-electron chi connectivity index (χ0n) is 25.6. The number of aryl methyl sites for hydroxylation is 1. The number of unbranched alkanes of at least 4 members (excludes halogenated alkanes) is 6. The van der Waals surface area contributed by atoms with Crippen LogP contribution in [0, 0.1) is 6.92 Å². The van der Waals surface area contributed by atoms with Gasteiger partial charge in [-0.05, 0) is 40.3 Å². The van der Waals surface area contributed by atoms with Crippen LogP contribution in [0.4, 0.5) is 0 Å². The van der Waals surface area contributed by atoms with Gasteiger partial charge in [-0.2, -0.15) is 0 Å². The van der Waals surface area contributed by atoms with Gasteiger partial charge in [-0.1, -0.05) is 79.1 Å². The third-order valence-electron chi connectivity index (χ3n) is 8.08. The van der Waals surface area contributed by atoms with Crippen LogP contribution in [-0.2, 0) is 13.8 Å². The Bertz CT molecular complexity index is 1010. The molecule has 10 heteroatoms. The van der Waals surface area contributed by atoms with Crippen LogP contribution in [0.3, 0.4) is 0 Å². The van der Waals surface area contributed by atoms with Crippen molar-refractivity contribution >= 4 is 7.52 Å². The second-order valence-electron chi connectivity index (χ2n) is 11.5. The van der Waals surface area contributed by atoms with Gasteiger partial charge < -0.3 is 9.26 Å². The number of nitrogens with zero attached hydrogens (tertiary/aromatic N) is 3. The second kappa shape index (κ2) is 16.9. The molecule has 1 N–H and O–H groups in total. The van der Waals surface area contributed by atoms with Gasteiger partial charge in [-0.15, -0.1) is 0 Å². The van der Waals surface area contributed by atoms with Crippen molar-refractivity contribution in [1.82, 2.24) is 19.1 Å². The van der Waals surface area contributed by atoms with Gasteiger partial charge in [0, 0.05) is 36.6 Å². The van der Waals surface area contributed by atoms with Gasteiger partial charge in [0.05, 0.1) is 12.7 Å². The fourth-order valence-electron chi connectivity index (χ4n) is 5.37. The van der Waals surface area contributed by atoms with E-state index < -0.39 is 19.4 Å². The lowest BCUT2D eigenvalue weighted by molar-refractivity contribution is -0.143. The van der Waals surface area contributed by atoms with Crippen molar-refractivity contribution < 1.29 is 13.8 Å². The lowest BCUT2D eigenvalue weighted by atomic mass is 9.98. The molecule has 1 fully saturated rings. The minimum Gasteiger partial charge on any atom is -0.350 e. The highest BCUT2D eigenvalue weighted by Crippen LogP contribution is 2.54. The van der Waals surface area contributed by atoms with Gasteiger partial charge in [-0.25, -0.2) is 9.46 Å². The zero-order chi connectivity index (χ0) is 29.0. The normalized spacial score (nSPS) is 21.6. The van der Waals surface area contributed by atoms with Gasteiger partial charge in [-0.3, -0.25) is 23.8 Å². The molecule has 3 unspecified atom stereocenters. The first-order valence-electron chi connectivity index (χ1n) is 15.2. The van der Waals surface area contributed by atoms with E-state index >= 15 is 0 Å². The third kappa shape index (κ3) is 9.96. The molecule has 1 aromatic rings. The molecule has 5 atom stereocenters. The summed E-state index contributed by atoms with van der Waals surface area (Å²) in [4.78, 5) is 29.7. The van der Waals surface area contributed by atoms with Gasteiger partial charge in [0.2, 0.25) is 0 Å². The molecular formula is C29H55N4O5P. The van der Waals surface area contributed by atoms with Crippen LogP contribution in [0.25, 0.3) is 0 Å². The number of H-pyrrole nitrogens is 1. The van der Waals surface area contributed by atoms with Crippen LogP contribution in [0.5, 0.6) is 0 Å². The molecular weight excluding hydrogens is 515 g/mol. The molecule has 0 saturated carbocycles. The summed E-state index contributed by atoms with van der Waals surface area (Å²) in [5.74, 6) is 0. The Balaban J connectivity index is 2.32. The Hall–Kier alpha value is -1.25. The van der Waals surface area contributed by atoms with Gasteiger partial charge >= 0.3 is 5.69 Å². The first-order chi connectivity index (χ1) is 18.6. The van der Waals surface area contributed by atoms with Crippen LogP contribution in [0.1, 0.15) is 110 Å². The number of aromatic amines is 1. The first kappa shape index (κ1) is 34.0. The summed E-state index contributed by atoms with van der Waals surface area (Å²) in [6, 6.07) is 0.377. The van der Waals surface area contributed by atoms with Crippen LogP contribution < -0.4 is 11.2 Å². The molecule has 0 radical (unpaired) electrons. The van der Waals surface area contributed by atoms with E-state index in [9.17, 15) is 14.2 Å². The summed E-state index contributed by atoms with van der Waals surface area (Å²) in [5.41, 5.74) is -0.489. The minimum atomic E-state index is -3.04. The van der Waals surface area contributed by atoms with Crippen molar-refractivity contribution in [3.63, 3.8) is 0 Å². The summed E-state index contributed by atoms with van der Waals surface area (Å²) < 4.78 is 29.6. The fraction of sp³-hybridized carbons (Fsp3) is 0.862. The highest BCUT2D eigenvalue weighted by molar-refractivity contribution is 7.57. The smallest absolute Gasteiger partial charge is 0.330 e. The van der Waals surface area contributed by atoms with Crippen molar-refractivity contribution in [3.05, 3.63) is 32.6 Å². The molecule has 9 nitrogen and oxygen atoms in total. The van der Waals surface area contributed by atoms with E-state index in [1.807, 2.05) is 13.8 Å². The van der Waals surface area contributed by atoms with Gasteiger partial charge in [0.25, 0.3) is 13.1 Å². The van der Waals surface area contributed by atoms with E-state index in [-0.39, 0.29) is 23.9 Å². The molecule has 0 bridgehead atoms. The van der Waals surface area contributed by atoms with Crippen molar-refractivity contribution in [1.29, 1.82) is 0 Å². The maximum Gasteiger partial charge on any atom is 0.330 e. The molecule has 1 aromatic heterocycles. The quantitative estimate of drug-likeness (QED) is 0.173. The van der Waals surface area contributed by atoms with Crippen LogP contribution in [0.15, 0.2) is 15.8 Å². The molecule has 39 heavy (non-hydrogen) atoms. The van der Waals surface area contributed by atoms with Crippen molar-refractivity contribution in [2.24, 2.45) is 0 Å². The number of ether oxygens (including phenoxy) is 1. The van der Waals surface area contributed by atoms with Crippen LogP contribution in [0.2, 0.25) is 0 Å². The number of morpholine rings is 1. The molecule has 0 aromatic carbocycles. The topological polar surface area (TPSA) is 96.9 Å². The highest BCUT2D eigenvalue weighted by atomic mass is 31.2. The minimum absolute atomic E-state index is 0.0997. The predicted octanol–water partition coefficient (Wildman–Crippen LogP) is 5.92. The summed E-state index contributed by atoms with van der Waals surface area (Å²) in [6.07, 6.45) is 13.4. The van der Waals surface area contributed by atoms with Crippen molar-refractivity contribution in [2.45, 2.75) is 129 Å². The van der Waals surface area contributed by atoms with E-state index in [1.54, 1.807) is 31.9 Å². The maximum atomic E-state index is 13.7. The molecule has 2 rings (SSSR count). The second-order valence-corrected chi connectivity index (χ2v) is 14.5. The third-order valence-corrected chi connectivity index (χ3v) is 11.2. The Morgan fingerprint density at radius 1 is 1.05 bits per heavy atom. The molecule has 0 amide bonds. The number of nitrogens with one attached hydrogen (secondary N) is 1. The maximum absolute atomic E-state index is 13.7. The molecule has 1 aliphatic rings. The molecule has 1 saturated heterocycles. The van der Waals surface area contributed by atoms with E-state index in [0.29, 0.717) is 24.7 Å². The predicted molar refractivity (Wildman–Crippen MR) is 160 cm³/mol. The molecule has 226 valence electrons. The summed E-state index contributed by atoms with van der Waals surface area (Å²) in [7, 11) is 0.561. The molecule has 1 aliphatic heterocycles. The number of aromatic nitrogens is 2.